The first-order valence-corrected chi connectivity index (χ1v) is 8.07. The highest BCUT2D eigenvalue weighted by Crippen LogP contribution is 2.31. The fraction of sp³-hybridized carbons (Fsp3) is 0.647. The fourth-order valence-corrected chi connectivity index (χ4v) is 3.22. The van der Waals surface area contributed by atoms with Crippen molar-refractivity contribution in [2.75, 3.05) is 46.4 Å². The summed E-state index contributed by atoms with van der Waals surface area (Å²) in [5.41, 5.74) is 2.35. The maximum absolute atomic E-state index is 9.97. The molecule has 4 heteroatoms. The minimum Gasteiger partial charge on any atom is -0.492 e. The van der Waals surface area contributed by atoms with E-state index in [1.165, 1.54) is 5.56 Å². The monoisotopic (exact) mass is 290 g/mol. The first-order valence-electron chi connectivity index (χ1n) is 8.07. The van der Waals surface area contributed by atoms with Gasteiger partial charge in [-0.15, -0.1) is 0 Å². The molecular weight excluding hydrogens is 264 g/mol. The van der Waals surface area contributed by atoms with E-state index >= 15 is 0 Å². The van der Waals surface area contributed by atoms with E-state index in [0.717, 1.165) is 69.9 Å². The Hall–Kier alpha value is -1.10. The summed E-state index contributed by atoms with van der Waals surface area (Å²) in [7, 11) is 2.18. The number of piperazine rings is 1. The van der Waals surface area contributed by atoms with E-state index in [1.54, 1.807) is 0 Å². The number of hydrogen-bond acceptors (Lipinski definition) is 4. The van der Waals surface area contributed by atoms with Gasteiger partial charge in [0.05, 0.1) is 6.10 Å². The Labute approximate surface area is 127 Å². The van der Waals surface area contributed by atoms with Gasteiger partial charge in [-0.1, -0.05) is 6.07 Å². The lowest BCUT2D eigenvalue weighted by Gasteiger charge is -2.32. The number of aryl methyl sites for hydroxylation is 1. The van der Waals surface area contributed by atoms with Crippen molar-refractivity contribution in [3.8, 4) is 5.75 Å². The van der Waals surface area contributed by atoms with Gasteiger partial charge in [-0.25, -0.2) is 0 Å². The van der Waals surface area contributed by atoms with Crippen molar-refractivity contribution in [3.63, 3.8) is 0 Å². The number of rotatable bonds is 4. The SMILES string of the molecule is CN1CCN(CCOc2ccc3c(c2)CCCC3O)CC1. The molecule has 1 aromatic rings. The average molecular weight is 290 g/mol. The molecule has 0 aromatic heterocycles. The van der Waals surface area contributed by atoms with E-state index < -0.39 is 0 Å². The molecule has 1 N–H and O–H groups in total. The van der Waals surface area contributed by atoms with Gasteiger partial charge in [0.2, 0.25) is 0 Å². The van der Waals surface area contributed by atoms with E-state index in [2.05, 4.69) is 22.9 Å². The summed E-state index contributed by atoms with van der Waals surface area (Å²) in [6, 6.07) is 6.14. The van der Waals surface area contributed by atoms with E-state index in [0.29, 0.717) is 0 Å². The number of benzene rings is 1. The molecule has 1 atom stereocenters. The van der Waals surface area contributed by atoms with Crippen LogP contribution in [0.3, 0.4) is 0 Å². The number of aliphatic hydroxyl groups is 1. The van der Waals surface area contributed by atoms with E-state index in [4.69, 9.17) is 4.74 Å². The molecule has 1 unspecified atom stereocenters. The van der Waals surface area contributed by atoms with Gasteiger partial charge < -0.3 is 14.7 Å². The van der Waals surface area contributed by atoms with Gasteiger partial charge in [0.1, 0.15) is 12.4 Å². The van der Waals surface area contributed by atoms with Crippen LogP contribution in [0, 0.1) is 0 Å². The lowest BCUT2D eigenvalue weighted by molar-refractivity contribution is 0.133. The second-order valence-electron chi connectivity index (χ2n) is 6.26. The molecule has 0 saturated carbocycles. The third kappa shape index (κ3) is 3.76. The van der Waals surface area contributed by atoms with Crippen LogP contribution in [0.5, 0.6) is 5.75 Å². The second-order valence-corrected chi connectivity index (χ2v) is 6.26. The molecule has 0 amide bonds. The Morgan fingerprint density at radius 2 is 2.05 bits per heavy atom. The highest BCUT2D eigenvalue weighted by Gasteiger charge is 2.18. The molecule has 21 heavy (non-hydrogen) atoms. The minimum atomic E-state index is -0.284. The van der Waals surface area contributed by atoms with Crippen LogP contribution in [0.15, 0.2) is 18.2 Å². The summed E-state index contributed by atoms with van der Waals surface area (Å²) in [6.07, 6.45) is 2.73. The van der Waals surface area contributed by atoms with Crippen LogP contribution in [0.4, 0.5) is 0 Å². The van der Waals surface area contributed by atoms with Gasteiger partial charge in [0, 0.05) is 32.7 Å². The zero-order valence-corrected chi connectivity index (χ0v) is 12.9. The van der Waals surface area contributed by atoms with Crippen LogP contribution >= 0.6 is 0 Å². The Balaban J connectivity index is 1.49. The summed E-state index contributed by atoms with van der Waals surface area (Å²) >= 11 is 0. The van der Waals surface area contributed by atoms with Crippen molar-refractivity contribution in [2.45, 2.75) is 25.4 Å². The normalized spacial score (nSPS) is 23.8. The third-order valence-corrected chi connectivity index (χ3v) is 4.67. The number of ether oxygens (including phenoxy) is 1. The Morgan fingerprint density at radius 3 is 2.86 bits per heavy atom. The zero-order valence-electron chi connectivity index (χ0n) is 12.9. The molecule has 2 aliphatic rings. The molecule has 1 saturated heterocycles. The molecule has 1 aromatic carbocycles. The van der Waals surface area contributed by atoms with Gasteiger partial charge in [0.25, 0.3) is 0 Å². The molecular formula is C17H26N2O2. The quantitative estimate of drug-likeness (QED) is 0.915. The summed E-state index contributed by atoms with van der Waals surface area (Å²) in [5, 5.41) is 9.97. The van der Waals surface area contributed by atoms with Crippen LogP contribution in [-0.4, -0.2) is 61.3 Å². The molecule has 3 rings (SSSR count). The Morgan fingerprint density at radius 1 is 1.24 bits per heavy atom. The highest BCUT2D eigenvalue weighted by atomic mass is 16.5. The molecule has 1 fully saturated rings. The molecule has 0 bridgehead atoms. The van der Waals surface area contributed by atoms with Gasteiger partial charge in [-0.2, -0.15) is 0 Å². The maximum Gasteiger partial charge on any atom is 0.119 e. The van der Waals surface area contributed by atoms with Gasteiger partial charge in [0.15, 0.2) is 0 Å². The van der Waals surface area contributed by atoms with Crippen LogP contribution in [-0.2, 0) is 6.42 Å². The van der Waals surface area contributed by atoms with Gasteiger partial charge in [-0.3, -0.25) is 4.90 Å². The first-order chi connectivity index (χ1) is 10.2. The number of nitrogens with zero attached hydrogens (tertiary/aromatic N) is 2. The largest absolute Gasteiger partial charge is 0.492 e. The Bertz CT molecular complexity index is 470. The predicted molar refractivity (Wildman–Crippen MR) is 83.8 cm³/mol. The number of hydrogen-bond donors (Lipinski definition) is 1. The second kappa shape index (κ2) is 6.77. The molecule has 4 nitrogen and oxygen atoms in total. The van der Waals surface area contributed by atoms with Crippen molar-refractivity contribution < 1.29 is 9.84 Å². The number of aliphatic hydroxyl groups excluding tert-OH is 1. The third-order valence-electron chi connectivity index (χ3n) is 4.67. The Kier molecular flexibility index (Phi) is 4.78. The van der Waals surface area contributed by atoms with E-state index in [9.17, 15) is 5.11 Å². The molecule has 1 heterocycles. The van der Waals surface area contributed by atoms with Crippen LogP contribution < -0.4 is 4.74 Å². The van der Waals surface area contributed by atoms with Crippen molar-refractivity contribution in [1.29, 1.82) is 0 Å². The summed E-state index contributed by atoms with van der Waals surface area (Å²) in [5.74, 6) is 0.942. The van der Waals surface area contributed by atoms with E-state index in [1.807, 2.05) is 12.1 Å². The molecule has 1 aliphatic carbocycles. The standard InChI is InChI=1S/C17H26N2O2/c1-18-7-9-19(10-8-18)11-12-21-15-5-6-16-14(13-15)3-2-4-17(16)20/h5-6,13,17,20H,2-4,7-12H2,1H3. The summed E-state index contributed by atoms with van der Waals surface area (Å²) in [6.45, 7) is 6.30. The average Bonchev–Trinajstić information content (AvgIpc) is 2.49. The smallest absolute Gasteiger partial charge is 0.119 e. The van der Waals surface area contributed by atoms with Crippen molar-refractivity contribution in [2.24, 2.45) is 0 Å². The topological polar surface area (TPSA) is 35.9 Å². The summed E-state index contributed by atoms with van der Waals surface area (Å²) in [4.78, 5) is 4.83. The number of fused-ring (bicyclic) bond motifs is 1. The summed E-state index contributed by atoms with van der Waals surface area (Å²) < 4.78 is 5.90. The molecule has 116 valence electrons. The molecule has 1 aliphatic heterocycles. The zero-order chi connectivity index (χ0) is 14.7. The lowest BCUT2D eigenvalue weighted by atomic mass is 9.89. The molecule has 0 radical (unpaired) electrons. The van der Waals surface area contributed by atoms with Crippen LogP contribution in [0.25, 0.3) is 0 Å². The van der Waals surface area contributed by atoms with Crippen molar-refractivity contribution in [3.05, 3.63) is 29.3 Å². The van der Waals surface area contributed by atoms with Crippen LogP contribution in [0.1, 0.15) is 30.1 Å². The van der Waals surface area contributed by atoms with Crippen molar-refractivity contribution in [1.82, 2.24) is 9.80 Å². The van der Waals surface area contributed by atoms with Gasteiger partial charge in [-0.05, 0) is 49.6 Å². The lowest BCUT2D eigenvalue weighted by Crippen LogP contribution is -2.45. The van der Waals surface area contributed by atoms with Gasteiger partial charge >= 0.3 is 0 Å². The highest BCUT2D eigenvalue weighted by molar-refractivity contribution is 5.38. The fourth-order valence-electron chi connectivity index (χ4n) is 3.22. The van der Waals surface area contributed by atoms with Crippen molar-refractivity contribution >= 4 is 0 Å². The maximum atomic E-state index is 9.97. The minimum absolute atomic E-state index is 0.284. The number of likely N-dealkylation sites (N-methyl/N-ethyl adjacent to an activating group) is 1. The first kappa shape index (κ1) is 14.8. The predicted octanol–water partition coefficient (Wildman–Crippen LogP) is 1.68. The molecule has 0 spiro atoms. The van der Waals surface area contributed by atoms with Crippen LogP contribution in [0.2, 0.25) is 0 Å². The van der Waals surface area contributed by atoms with E-state index in [-0.39, 0.29) is 6.10 Å².